The average Bonchev–Trinajstić information content (AvgIpc) is 2.84. The molecule has 0 aliphatic rings. The smallest absolute Gasteiger partial charge is 0.303 e. The van der Waals surface area contributed by atoms with E-state index >= 15 is 0 Å². The van der Waals surface area contributed by atoms with Crippen molar-refractivity contribution in [1.29, 1.82) is 0 Å². The highest BCUT2D eigenvalue weighted by molar-refractivity contribution is 7.46. The highest BCUT2D eigenvalue weighted by Gasteiger charge is 2.33. The first-order chi connectivity index (χ1) is 15.4. The van der Waals surface area contributed by atoms with Crippen LogP contribution in [0.5, 0.6) is 0 Å². The summed E-state index contributed by atoms with van der Waals surface area (Å²) >= 11 is 7.12. The molecule has 4 aromatic rings. The Hall–Kier alpha value is -2.72. The molecular formula is C26H24ClO4P. The second-order valence-corrected chi connectivity index (χ2v) is 8.81. The van der Waals surface area contributed by atoms with Gasteiger partial charge in [0, 0.05) is 0 Å². The Kier molecular flexibility index (Phi) is 8.40. The summed E-state index contributed by atoms with van der Waals surface area (Å²) in [5, 5.41) is 0. The van der Waals surface area contributed by atoms with Crippen LogP contribution >= 0.6 is 19.4 Å². The molecule has 0 spiro atoms. The molecular weight excluding hydrogens is 443 g/mol. The van der Waals surface area contributed by atoms with Crippen LogP contribution in [-0.4, -0.2) is 9.79 Å². The zero-order valence-electron chi connectivity index (χ0n) is 17.3. The highest BCUT2D eigenvalue weighted by Crippen LogP contribution is 2.42. The van der Waals surface area contributed by atoms with Gasteiger partial charge in [-0.2, -0.15) is 0 Å². The van der Waals surface area contributed by atoms with Gasteiger partial charge in [0.1, 0.15) is 4.87 Å². The molecule has 0 aliphatic carbocycles. The molecule has 0 unspecified atom stereocenters. The first kappa shape index (κ1) is 23.9. The van der Waals surface area contributed by atoms with Gasteiger partial charge in [0.15, 0.2) is 0 Å². The number of alkyl halides is 1. The lowest BCUT2D eigenvalue weighted by atomic mass is 9.84. The maximum absolute atomic E-state index is 10.3. The van der Waals surface area contributed by atoms with Gasteiger partial charge in [-0.1, -0.05) is 121 Å². The molecule has 32 heavy (non-hydrogen) atoms. The van der Waals surface area contributed by atoms with E-state index in [0.29, 0.717) is 0 Å². The fraction of sp³-hybridized carbons (Fsp3) is 0.0769. The molecule has 0 amide bonds. The van der Waals surface area contributed by atoms with Crippen molar-refractivity contribution in [3.8, 4) is 0 Å². The van der Waals surface area contributed by atoms with Crippen molar-refractivity contribution in [2.24, 2.45) is 0 Å². The number of halogens is 1. The van der Waals surface area contributed by atoms with Crippen molar-refractivity contribution < 1.29 is 18.9 Å². The summed E-state index contributed by atoms with van der Waals surface area (Å²) in [7, 11) is -4.33. The van der Waals surface area contributed by atoms with Gasteiger partial charge >= 0.3 is 7.82 Å². The van der Waals surface area contributed by atoms with Crippen LogP contribution in [0, 0.1) is 0 Å². The van der Waals surface area contributed by atoms with Gasteiger partial charge in [-0.15, -0.1) is 11.6 Å². The van der Waals surface area contributed by atoms with E-state index in [-0.39, 0.29) is 6.61 Å². The molecule has 0 aromatic heterocycles. The van der Waals surface area contributed by atoms with E-state index in [0.717, 1.165) is 22.3 Å². The van der Waals surface area contributed by atoms with Gasteiger partial charge in [0.2, 0.25) is 0 Å². The second kappa shape index (κ2) is 11.2. The van der Waals surface area contributed by atoms with Gasteiger partial charge in [-0.25, -0.2) is 4.57 Å². The Bertz CT molecular complexity index is 1020. The lowest BCUT2D eigenvalue weighted by Gasteiger charge is -2.29. The quantitative estimate of drug-likeness (QED) is 0.193. The van der Waals surface area contributed by atoms with Gasteiger partial charge in [-0.05, 0) is 22.3 Å². The Morgan fingerprint density at radius 3 is 1.25 bits per heavy atom. The average molecular weight is 467 g/mol. The summed E-state index contributed by atoms with van der Waals surface area (Å²) in [6, 6.07) is 39.5. The molecule has 0 atom stereocenters. The Morgan fingerprint density at radius 1 is 0.625 bits per heavy atom. The van der Waals surface area contributed by atoms with Crippen LogP contribution in [0.1, 0.15) is 22.3 Å². The monoisotopic (exact) mass is 466 g/mol. The van der Waals surface area contributed by atoms with Crippen molar-refractivity contribution in [2.45, 2.75) is 11.5 Å². The molecule has 0 radical (unpaired) electrons. The van der Waals surface area contributed by atoms with Crippen molar-refractivity contribution in [1.82, 2.24) is 0 Å². The number of phosphoric acid groups is 1. The minimum Gasteiger partial charge on any atom is -0.303 e. The van der Waals surface area contributed by atoms with E-state index in [9.17, 15) is 4.57 Å². The molecule has 6 heteroatoms. The zero-order chi connectivity index (χ0) is 22.9. The van der Waals surface area contributed by atoms with Crippen LogP contribution in [0.15, 0.2) is 121 Å². The van der Waals surface area contributed by atoms with E-state index in [2.05, 4.69) is 40.9 Å². The minimum atomic E-state index is -4.33. The Labute approximate surface area is 193 Å². The predicted octanol–water partition coefficient (Wildman–Crippen LogP) is 6.51. The minimum absolute atomic E-state index is 0.0644. The molecule has 2 N–H and O–H groups in total. The molecule has 0 bridgehead atoms. The fourth-order valence-corrected chi connectivity index (χ4v) is 3.93. The molecule has 4 rings (SSSR count). The number of hydrogen-bond acceptors (Lipinski definition) is 2. The fourth-order valence-electron chi connectivity index (χ4n) is 3.24. The summed E-state index contributed by atoms with van der Waals surface area (Å²) in [5.74, 6) is 0. The van der Waals surface area contributed by atoms with Gasteiger partial charge < -0.3 is 9.79 Å². The van der Waals surface area contributed by atoms with Crippen LogP contribution in [0.3, 0.4) is 0 Å². The van der Waals surface area contributed by atoms with Gasteiger partial charge in [0.25, 0.3) is 0 Å². The van der Waals surface area contributed by atoms with Crippen LogP contribution in [0.25, 0.3) is 0 Å². The van der Waals surface area contributed by atoms with E-state index in [1.165, 1.54) is 0 Å². The molecule has 0 heterocycles. The third-order valence-corrected chi connectivity index (χ3v) is 5.88. The third kappa shape index (κ3) is 6.64. The topological polar surface area (TPSA) is 66.8 Å². The highest BCUT2D eigenvalue weighted by atomic mass is 35.5. The van der Waals surface area contributed by atoms with Crippen LogP contribution in [0.4, 0.5) is 0 Å². The molecule has 4 nitrogen and oxygen atoms in total. The lowest BCUT2D eigenvalue weighted by Crippen LogP contribution is -2.22. The van der Waals surface area contributed by atoms with Crippen molar-refractivity contribution in [3.05, 3.63) is 144 Å². The Morgan fingerprint density at radius 2 is 0.938 bits per heavy atom. The standard InChI is InChI=1S/C19H15Cl.C7H9O4P/c20-19(16-10-4-1-5-11-16,17-12-6-2-7-13-17)18-14-8-3-9-15-18;8-12(9,10)11-6-7-4-2-1-3-5-7/h1-15H;1-5H,6H2,(H2,8,9,10). The molecule has 0 saturated carbocycles. The summed E-state index contributed by atoms with van der Waals surface area (Å²) in [5.41, 5.74) is 3.98. The summed E-state index contributed by atoms with van der Waals surface area (Å²) in [6.07, 6.45) is 0. The summed E-state index contributed by atoms with van der Waals surface area (Å²) in [6.45, 7) is -0.0644. The number of hydrogen-bond donors (Lipinski definition) is 2. The number of phosphoric ester groups is 1. The van der Waals surface area contributed by atoms with Crippen molar-refractivity contribution in [2.75, 3.05) is 0 Å². The van der Waals surface area contributed by atoms with Gasteiger partial charge in [0.05, 0.1) is 6.61 Å². The van der Waals surface area contributed by atoms with Crippen molar-refractivity contribution >= 4 is 19.4 Å². The van der Waals surface area contributed by atoms with E-state index < -0.39 is 12.7 Å². The molecule has 0 saturated heterocycles. The molecule has 4 aromatic carbocycles. The maximum Gasteiger partial charge on any atom is 0.469 e. The van der Waals surface area contributed by atoms with E-state index in [4.69, 9.17) is 21.4 Å². The maximum atomic E-state index is 10.3. The van der Waals surface area contributed by atoms with E-state index in [1.807, 2.05) is 60.7 Å². The Balaban J connectivity index is 0.000000207. The van der Waals surface area contributed by atoms with Crippen molar-refractivity contribution in [3.63, 3.8) is 0 Å². The van der Waals surface area contributed by atoms with Crippen LogP contribution in [0.2, 0.25) is 0 Å². The summed E-state index contributed by atoms with van der Waals surface area (Å²) in [4.78, 5) is 16.1. The first-order valence-electron chi connectivity index (χ1n) is 9.99. The molecule has 0 fully saturated rings. The van der Waals surface area contributed by atoms with E-state index in [1.54, 1.807) is 24.3 Å². The van der Waals surface area contributed by atoms with Crippen LogP contribution < -0.4 is 0 Å². The SMILES string of the molecule is ClC(c1ccccc1)(c1ccccc1)c1ccccc1.O=P(O)(O)OCc1ccccc1. The second-order valence-electron chi connectivity index (χ2n) is 7.01. The molecule has 164 valence electrons. The lowest BCUT2D eigenvalue weighted by molar-refractivity contribution is 0.189. The summed E-state index contributed by atoms with van der Waals surface area (Å²) < 4.78 is 14.6. The zero-order valence-corrected chi connectivity index (χ0v) is 18.9. The van der Waals surface area contributed by atoms with Gasteiger partial charge in [-0.3, -0.25) is 4.52 Å². The largest absolute Gasteiger partial charge is 0.469 e. The third-order valence-electron chi connectivity index (χ3n) is 4.76. The predicted molar refractivity (Wildman–Crippen MR) is 128 cm³/mol. The number of benzene rings is 4. The normalized spacial score (nSPS) is 11.3. The van der Waals surface area contributed by atoms with Crippen LogP contribution in [-0.2, 0) is 20.6 Å². The molecule has 0 aliphatic heterocycles. The number of rotatable bonds is 6. The first-order valence-corrected chi connectivity index (χ1v) is 11.9.